The van der Waals surface area contributed by atoms with Crippen molar-refractivity contribution in [2.75, 3.05) is 26.2 Å². The first-order valence-electron chi connectivity index (χ1n) is 12.4. The lowest BCUT2D eigenvalue weighted by Gasteiger charge is -2.38. The van der Waals surface area contributed by atoms with E-state index < -0.39 is 5.60 Å². The number of halogens is 3. The second-order valence-electron chi connectivity index (χ2n) is 10.9. The number of carbonyl (C=O) groups excluding carboxylic acids is 1. The number of fused-ring (bicyclic) bond motifs is 2. The van der Waals surface area contributed by atoms with Crippen molar-refractivity contribution in [1.82, 2.24) is 4.90 Å². The third-order valence-electron chi connectivity index (χ3n) is 7.02. The van der Waals surface area contributed by atoms with E-state index in [1.807, 2.05) is 39.8 Å². The normalized spacial score (nSPS) is 18.0. The molecule has 0 amide bonds. The number of esters is 1. The summed E-state index contributed by atoms with van der Waals surface area (Å²) in [4.78, 5) is 14.7. The predicted molar refractivity (Wildman–Crippen MR) is 145 cm³/mol. The summed E-state index contributed by atoms with van der Waals surface area (Å²) in [5, 5.41) is 1.46. The number of ether oxygens (including phenoxy) is 3. The van der Waals surface area contributed by atoms with Crippen LogP contribution in [-0.2, 0) is 21.6 Å². The predicted octanol–water partition coefficient (Wildman–Crippen LogP) is 7.32. The molecule has 1 saturated heterocycles. The van der Waals surface area contributed by atoms with E-state index in [1.54, 1.807) is 12.1 Å². The molecule has 2 aromatic rings. The lowest BCUT2D eigenvalue weighted by Crippen LogP contribution is -2.44. The zero-order valence-electron chi connectivity index (χ0n) is 21.3. The van der Waals surface area contributed by atoms with Crippen LogP contribution in [0.1, 0.15) is 58.1 Å². The maximum absolute atomic E-state index is 12.3. The zero-order chi connectivity index (χ0) is 26.1. The quantitative estimate of drug-likeness (QED) is 0.336. The summed E-state index contributed by atoms with van der Waals surface area (Å²) in [5.41, 5.74) is 1.54. The Hall–Kier alpha value is -1.66. The van der Waals surface area contributed by atoms with Crippen LogP contribution in [0.25, 0.3) is 0 Å². The van der Waals surface area contributed by atoms with Crippen molar-refractivity contribution in [3.8, 4) is 11.5 Å². The SMILES string of the molecule is CC(CCN1CCC2(CC1)COc1cc(OCc3c(Cl)cc(Cl)cc3Cl)ccc12)C(=O)OC(C)(C)C. The lowest BCUT2D eigenvalue weighted by atomic mass is 9.74. The monoisotopic (exact) mass is 553 g/mol. The molecule has 0 saturated carbocycles. The Morgan fingerprint density at radius 2 is 1.78 bits per heavy atom. The van der Waals surface area contributed by atoms with E-state index in [2.05, 4.69) is 11.0 Å². The van der Waals surface area contributed by atoms with E-state index >= 15 is 0 Å². The number of piperidine rings is 1. The van der Waals surface area contributed by atoms with Gasteiger partial charge in [-0.1, -0.05) is 47.8 Å². The van der Waals surface area contributed by atoms with Crippen molar-refractivity contribution >= 4 is 40.8 Å². The summed E-state index contributed by atoms with van der Waals surface area (Å²) >= 11 is 18.6. The number of rotatable bonds is 7. The van der Waals surface area contributed by atoms with Gasteiger partial charge in [-0.25, -0.2) is 0 Å². The van der Waals surface area contributed by atoms with Crippen LogP contribution in [0.3, 0.4) is 0 Å². The fraction of sp³-hybridized carbons (Fsp3) is 0.536. The molecule has 0 aliphatic carbocycles. The van der Waals surface area contributed by atoms with Gasteiger partial charge in [-0.05, 0) is 77.9 Å². The maximum atomic E-state index is 12.3. The molecule has 0 radical (unpaired) electrons. The van der Waals surface area contributed by atoms with Gasteiger partial charge in [-0.3, -0.25) is 4.79 Å². The average molecular weight is 555 g/mol. The van der Waals surface area contributed by atoms with Crippen molar-refractivity contribution in [2.45, 2.75) is 64.6 Å². The van der Waals surface area contributed by atoms with Crippen molar-refractivity contribution in [3.63, 3.8) is 0 Å². The Morgan fingerprint density at radius 1 is 1.11 bits per heavy atom. The molecule has 8 heteroatoms. The van der Waals surface area contributed by atoms with Gasteiger partial charge in [0.05, 0.1) is 22.6 Å². The third-order valence-corrected chi connectivity index (χ3v) is 7.91. The lowest BCUT2D eigenvalue weighted by molar-refractivity contribution is -0.159. The van der Waals surface area contributed by atoms with Crippen LogP contribution in [0.2, 0.25) is 15.1 Å². The van der Waals surface area contributed by atoms with E-state index in [4.69, 9.17) is 49.0 Å². The van der Waals surface area contributed by atoms with E-state index in [0.29, 0.717) is 33.0 Å². The first-order valence-corrected chi connectivity index (χ1v) is 13.6. The third kappa shape index (κ3) is 6.42. The fourth-order valence-electron chi connectivity index (χ4n) is 4.82. The molecule has 2 aliphatic rings. The second kappa shape index (κ2) is 11.0. The number of nitrogens with zero attached hydrogens (tertiary/aromatic N) is 1. The molecule has 5 nitrogen and oxygen atoms in total. The summed E-state index contributed by atoms with van der Waals surface area (Å²) in [6, 6.07) is 9.39. The van der Waals surface area contributed by atoms with Crippen LogP contribution < -0.4 is 9.47 Å². The largest absolute Gasteiger partial charge is 0.492 e. The summed E-state index contributed by atoms with van der Waals surface area (Å²) in [6.07, 6.45) is 2.85. The van der Waals surface area contributed by atoms with E-state index in [0.717, 1.165) is 44.6 Å². The number of hydrogen-bond acceptors (Lipinski definition) is 5. The highest BCUT2D eigenvalue weighted by Gasteiger charge is 2.43. The minimum Gasteiger partial charge on any atom is -0.492 e. The Morgan fingerprint density at radius 3 is 2.42 bits per heavy atom. The van der Waals surface area contributed by atoms with E-state index in [9.17, 15) is 4.79 Å². The highest BCUT2D eigenvalue weighted by molar-refractivity contribution is 6.39. The van der Waals surface area contributed by atoms with Gasteiger partial charge < -0.3 is 19.1 Å². The number of hydrogen-bond donors (Lipinski definition) is 0. The molecule has 196 valence electrons. The smallest absolute Gasteiger partial charge is 0.309 e. The number of likely N-dealkylation sites (tertiary alicyclic amines) is 1. The Balaban J connectivity index is 1.31. The van der Waals surface area contributed by atoms with E-state index in [1.165, 1.54) is 5.56 Å². The molecule has 1 fully saturated rings. The maximum Gasteiger partial charge on any atom is 0.309 e. The van der Waals surface area contributed by atoms with Crippen LogP contribution in [0.4, 0.5) is 0 Å². The number of benzene rings is 2. The van der Waals surface area contributed by atoms with Crippen LogP contribution >= 0.6 is 34.8 Å². The van der Waals surface area contributed by atoms with Gasteiger partial charge in [-0.15, -0.1) is 0 Å². The molecule has 1 unspecified atom stereocenters. The van der Waals surface area contributed by atoms with Crippen molar-refractivity contribution in [3.05, 3.63) is 56.5 Å². The highest BCUT2D eigenvalue weighted by atomic mass is 35.5. The highest BCUT2D eigenvalue weighted by Crippen LogP contribution is 2.47. The summed E-state index contributed by atoms with van der Waals surface area (Å²) in [6.45, 7) is 11.5. The molecular formula is C28H34Cl3NO4. The molecule has 2 heterocycles. The van der Waals surface area contributed by atoms with Gasteiger partial charge in [0.2, 0.25) is 0 Å². The molecular weight excluding hydrogens is 521 g/mol. The Labute approximate surface area is 228 Å². The molecule has 0 aromatic heterocycles. The molecule has 1 spiro atoms. The van der Waals surface area contributed by atoms with Crippen LogP contribution in [0.5, 0.6) is 11.5 Å². The summed E-state index contributed by atoms with van der Waals surface area (Å²) in [7, 11) is 0. The summed E-state index contributed by atoms with van der Waals surface area (Å²) in [5.74, 6) is 1.37. The van der Waals surface area contributed by atoms with Crippen LogP contribution in [-0.4, -0.2) is 42.7 Å². The fourth-order valence-corrected chi connectivity index (χ4v) is 5.75. The first kappa shape index (κ1) is 27.4. The molecule has 2 aliphatic heterocycles. The molecule has 2 aromatic carbocycles. The molecule has 1 atom stereocenters. The average Bonchev–Trinajstić information content (AvgIpc) is 3.14. The van der Waals surface area contributed by atoms with Crippen LogP contribution in [0.15, 0.2) is 30.3 Å². The van der Waals surface area contributed by atoms with Crippen molar-refractivity contribution in [2.24, 2.45) is 5.92 Å². The molecule has 36 heavy (non-hydrogen) atoms. The molecule has 4 rings (SSSR count). The van der Waals surface area contributed by atoms with Gasteiger partial charge in [0, 0.05) is 27.6 Å². The van der Waals surface area contributed by atoms with Crippen LogP contribution in [0, 0.1) is 5.92 Å². The standard InChI is InChI=1S/C28H34Cl3NO4/c1-18(26(33)36-27(2,3)4)7-10-32-11-8-28(9-12-32)17-35-25-15-20(5-6-22(25)28)34-16-21-23(30)13-19(29)14-24(21)31/h5-6,13-15,18H,7-12,16-17H2,1-4H3. The first-order chi connectivity index (χ1) is 17.0. The molecule has 0 N–H and O–H groups in total. The second-order valence-corrected chi connectivity index (χ2v) is 12.2. The number of carbonyl (C=O) groups is 1. The minimum atomic E-state index is -0.445. The van der Waals surface area contributed by atoms with Gasteiger partial charge in [-0.2, -0.15) is 0 Å². The topological polar surface area (TPSA) is 48.0 Å². The van der Waals surface area contributed by atoms with Gasteiger partial charge in [0.25, 0.3) is 0 Å². The van der Waals surface area contributed by atoms with Crippen molar-refractivity contribution < 1.29 is 19.0 Å². The Kier molecular flexibility index (Phi) is 8.35. The van der Waals surface area contributed by atoms with Crippen molar-refractivity contribution in [1.29, 1.82) is 0 Å². The summed E-state index contributed by atoms with van der Waals surface area (Å²) < 4.78 is 17.6. The minimum absolute atomic E-state index is 0.0317. The van der Waals surface area contributed by atoms with Gasteiger partial charge in [0.15, 0.2) is 0 Å². The zero-order valence-corrected chi connectivity index (χ0v) is 23.6. The van der Waals surface area contributed by atoms with Gasteiger partial charge >= 0.3 is 5.97 Å². The molecule has 0 bridgehead atoms. The van der Waals surface area contributed by atoms with Gasteiger partial charge in [0.1, 0.15) is 23.7 Å². The van der Waals surface area contributed by atoms with E-state index in [-0.39, 0.29) is 23.9 Å². The Bertz CT molecular complexity index is 1080.